The molecule has 2 aromatic carbocycles. The van der Waals surface area contributed by atoms with Crippen LogP contribution >= 0.6 is 11.6 Å². The van der Waals surface area contributed by atoms with Gasteiger partial charge in [0.15, 0.2) is 5.60 Å². The Bertz CT molecular complexity index is 1480. The van der Waals surface area contributed by atoms with Gasteiger partial charge in [0, 0.05) is 41.1 Å². The van der Waals surface area contributed by atoms with Crippen LogP contribution in [0.2, 0.25) is 5.02 Å². The fourth-order valence-electron chi connectivity index (χ4n) is 7.19. The van der Waals surface area contributed by atoms with E-state index in [1.54, 1.807) is 36.4 Å². The van der Waals surface area contributed by atoms with E-state index < -0.39 is 59.7 Å². The number of aliphatic hydroxyl groups is 1. The highest BCUT2D eigenvalue weighted by molar-refractivity contribution is 6.31. The Labute approximate surface area is 240 Å². The third kappa shape index (κ3) is 4.37. The van der Waals surface area contributed by atoms with Crippen molar-refractivity contribution < 1.29 is 28.3 Å². The summed E-state index contributed by atoms with van der Waals surface area (Å²) in [5.74, 6) is -7.19. The number of hydrogen-bond acceptors (Lipinski definition) is 5. The van der Waals surface area contributed by atoms with Crippen molar-refractivity contribution in [1.29, 1.82) is 5.26 Å². The van der Waals surface area contributed by atoms with Crippen molar-refractivity contribution >= 4 is 29.3 Å². The predicted octanol–water partition coefficient (Wildman–Crippen LogP) is 3.50. The van der Waals surface area contributed by atoms with Gasteiger partial charge in [-0.15, -0.1) is 0 Å². The van der Waals surface area contributed by atoms with Crippen molar-refractivity contribution in [2.45, 2.75) is 68.2 Å². The average molecular weight is 583 g/mol. The molecule has 3 N–H and O–H groups in total. The standard InChI is InChI=1S/C30H29ClF2N4O4/c31-17-7-9-21-20-5-1-2-6-22(20)30(41,24(21)13-17)28(40)37-19-8-10-23(29(32,33)14-19)25(37)27(39)36-18(15-34)12-16-4-3-11-35-26(16)38/h1-2,5-7,9,13,16,18-19,23,25,41H,3-4,8,10-12,14H2,(H,35,38)(H,36,39)/t16-,18-,19-,23-,25+,30+/m0/s1. The molecule has 41 heavy (non-hydrogen) atoms. The Balaban J connectivity index is 1.36. The Kier molecular flexibility index (Phi) is 6.78. The minimum atomic E-state index is -3.22. The number of hydrogen-bond donors (Lipinski definition) is 3. The SMILES string of the molecule is N#C[C@H](C[C@@H]1CCCNC1=O)NC(=O)[C@H]1[C@@H]2CC[C@@H](CC2(F)F)N1C(=O)[C@@]1(O)c2ccccc2-c2ccc(Cl)cc21. The fraction of sp³-hybridized carbons (Fsp3) is 0.467. The van der Waals surface area contributed by atoms with Crippen LogP contribution in [0.1, 0.15) is 49.7 Å². The monoisotopic (exact) mass is 582 g/mol. The molecule has 0 unspecified atom stereocenters. The number of carbonyl (C=O) groups is 3. The van der Waals surface area contributed by atoms with Gasteiger partial charge in [0.1, 0.15) is 12.1 Å². The van der Waals surface area contributed by atoms with Gasteiger partial charge < -0.3 is 20.6 Å². The van der Waals surface area contributed by atoms with Gasteiger partial charge in [-0.2, -0.15) is 5.26 Å². The van der Waals surface area contributed by atoms with Crippen molar-refractivity contribution in [2.75, 3.05) is 6.54 Å². The number of nitriles is 1. The fourth-order valence-corrected chi connectivity index (χ4v) is 7.36. The van der Waals surface area contributed by atoms with Crippen molar-refractivity contribution in [3.8, 4) is 17.2 Å². The zero-order valence-electron chi connectivity index (χ0n) is 22.1. The molecule has 2 aromatic rings. The second kappa shape index (κ2) is 10.1. The summed E-state index contributed by atoms with van der Waals surface area (Å²) in [5.41, 5.74) is -0.546. The van der Waals surface area contributed by atoms with Gasteiger partial charge in [-0.25, -0.2) is 8.78 Å². The highest BCUT2D eigenvalue weighted by Gasteiger charge is 2.63. The normalized spacial score (nSPS) is 30.0. The molecule has 4 fully saturated rings. The van der Waals surface area contributed by atoms with Crippen LogP contribution < -0.4 is 10.6 Å². The molecule has 3 aliphatic heterocycles. The van der Waals surface area contributed by atoms with Crippen LogP contribution in [0, 0.1) is 23.2 Å². The molecule has 0 spiro atoms. The number of alkyl halides is 2. The molecular weight excluding hydrogens is 554 g/mol. The Hall–Kier alpha value is -3.55. The Morgan fingerprint density at radius 2 is 1.93 bits per heavy atom. The minimum Gasteiger partial charge on any atom is -0.372 e. The molecule has 8 nitrogen and oxygen atoms in total. The first kappa shape index (κ1) is 27.6. The van der Waals surface area contributed by atoms with Gasteiger partial charge in [0.25, 0.3) is 11.8 Å². The van der Waals surface area contributed by atoms with E-state index in [1.807, 2.05) is 6.07 Å². The predicted molar refractivity (Wildman–Crippen MR) is 144 cm³/mol. The highest BCUT2D eigenvalue weighted by Crippen LogP contribution is 2.54. The summed E-state index contributed by atoms with van der Waals surface area (Å²) >= 11 is 6.27. The lowest BCUT2D eigenvalue weighted by atomic mass is 9.70. The summed E-state index contributed by atoms with van der Waals surface area (Å²) in [4.78, 5) is 41.6. The molecular formula is C30H29ClF2N4O4. The van der Waals surface area contributed by atoms with Crippen LogP contribution in [0.15, 0.2) is 42.5 Å². The summed E-state index contributed by atoms with van der Waals surface area (Å²) in [6.07, 6.45) is 0.943. The molecule has 2 aliphatic carbocycles. The van der Waals surface area contributed by atoms with Crippen LogP contribution in [0.3, 0.4) is 0 Å². The molecule has 214 valence electrons. The largest absolute Gasteiger partial charge is 0.372 e. The van der Waals surface area contributed by atoms with Crippen LogP contribution in [-0.4, -0.2) is 58.3 Å². The summed E-state index contributed by atoms with van der Waals surface area (Å²) in [6.45, 7) is 0.538. The highest BCUT2D eigenvalue weighted by atomic mass is 35.5. The number of nitrogens with zero attached hydrogens (tertiary/aromatic N) is 2. The van der Waals surface area contributed by atoms with Gasteiger partial charge in [-0.05, 0) is 55.4 Å². The van der Waals surface area contributed by atoms with Crippen molar-refractivity contribution in [3.05, 3.63) is 58.6 Å². The summed E-state index contributed by atoms with van der Waals surface area (Å²) in [6, 6.07) is 9.88. The van der Waals surface area contributed by atoms with E-state index in [1.165, 1.54) is 6.07 Å². The van der Waals surface area contributed by atoms with Gasteiger partial charge in [0.05, 0.1) is 12.0 Å². The average Bonchev–Trinajstić information content (AvgIpc) is 3.21. The number of nitrogens with one attached hydrogen (secondary N) is 2. The first-order chi connectivity index (χ1) is 19.6. The quantitative estimate of drug-likeness (QED) is 0.498. The van der Waals surface area contributed by atoms with Crippen molar-refractivity contribution in [1.82, 2.24) is 15.5 Å². The van der Waals surface area contributed by atoms with E-state index in [4.69, 9.17) is 11.6 Å². The molecule has 7 rings (SSSR count). The van der Waals surface area contributed by atoms with E-state index in [0.29, 0.717) is 24.1 Å². The smallest absolute Gasteiger partial charge is 0.264 e. The molecule has 0 aromatic heterocycles. The Morgan fingerprint density at radius 3 is 2.66 bits per heavy atom. The topological polar surface area (TPSA) is 123 Å². The van der Waals surface area contributed by atoms with Crippen LogP contribution in [-0.2, 0) is 20.0 Å². The number of halogens is 3. The van der Waals surface area contributed by atoms with Crippen molar-refractivity contribution in [2.24, 2.45) is 11.8 Å². The molecule has 0 radical (unpaired) electrons. The number of amides is 3. The first-order valence-electron chi connectivity index (χ1n) is 13.9. The molecule has 3 saturated heterocycles. The molecule has 5 aliphatic rings. The van der Waals surface area contributed by atoms with E-state index in [2.05, 4.69) is 10.6 Å². The second-order valence-corrected chi connectivity index (χ2v) is 11.9. The van der Waals surface area contributed by atoms with E-state index in [-0.39, 0.29) is 41.3 Å². The molecule has 11 heteroatoms. The number of fused-ring (bicyclic) bond motifs is 6. The van der Waals surface area contributed by atoms with E-state index in [0.717, 1.165) is 11.3 Å². The number of carbonyl (C=O) groups excluding carboxylic acids is 3. The van der Waals surface area contributed by atoms with Gasteiger partial charge in [-0.1, -0.05) is 41.9 Å². The molecule has 2 bridgehead atoms. The molecule has 3 heterocycles. The van der Waals surface area contributed by atoms with Crippen LogP contribution in [0.4, 0.5) is 8.78 Å². The number of rotatable bonds is 5. The third-order valence-electron chi connectivity index (χ3n) is 9.12. The number of piperidine rings is 3. The summed E-state index contributed by atoms with van der Waals surface area (Å²) in [5, 5.41) is 27.6. The number of benzene rings is 2. The lowest BCUT2D eigenvalue weighted by Crippen LogP contribution is -2.70. The van der Waals surface area contributed by atoms with Crippen LogP contribution in [0.25, 0.3) is 11.1 Å². The Morgan fingerprint density at radius 1 is 1.17 bits per heavy atom. The lowest BCUT2D eigenvalue weighted by molar-refractivity contribution is -0.201. The summed E-state index contributed by atoms with van der Waals surface area (Å²) < 4.78 is 30.6. The second-order valence-electron chi connectivity index (χ2n) is 11.5. The van der Waals surface area contributed by atoms with Gasteiger partial charge >= 0.3 is 0 Å². The molecule has 6 atom stereocenters. The lowest BCUT2D eigenvalue weighted by Gasteiger charge is -2.54. The van der Waals surface area contributed by atoms with E-state index >= 15 is 8.78 Å². The van der Waals surface area contributed by atoms with E-state index in [9.17, 15) is 24.8 Å². The molecule has 3 amide bonds. The zero-order valence-corrected chi connectivity index (χ0v) is 22.8. The van der Waals surface area contributed by atoms with Crippen molar-refractivity contribution in [3.63, 3.8) is 0 Å². The van der Waals surface area contributed by atoms with Gasteiger partial charge in [0.2, 0.25) is 11.8 Å². The van der Waals surface area contributed by atoms with Crippen LogP contribution in [0.5, 0.6) is 0 Å². The maximum Gasteiger partial charge on any atom is 0.264 e. The van der Waals surface area contributed by atoms with Gasteiger partial charge in [-0.3, -0.25) is 14.4 Å². The maximum atomic E-state index is 15.3. The summed E-state index contributed by atoms with van der Waals surface area (Å²) in [7, 11) is 0. The molecule has 1 saturated carbocycles. The first-order valence-corrected chi connectivity index (χ1v) is 14.2. The third-order valence-corrected chi connectivity index (χ3v) is 9.35. The zero-order chi connectivity index (χ0) is 29.1. The maximum absolute atomic E-state index is 15.3. The minimum absolute atomic E-state index is 0.0131.